The maximum Gasteiger partial charge on any atom is 0.326 e. The summed E-state index contributed by atoms with van der Waals surface area (Å²) < 4.78 is 0. The number of urea groups is 1. The Morgan fingerprint density at radius 3 is 2.47 bits per heavy atom. The highest BCUT2D eigenvalue weighted by Gasteiger charge is 2.18. The monoisotopic (exact) mass is 245 g/mol. The molecule has 98 valence electrons. The van der Waals surface area contributed by atoms with Crippen LogP contribution >= 0.6 is 0 Å². The first-order chi connectivity index (χ1) is 7.97. The third-order valence-electron chi connectivity index (χ3n) is 2.11. The Bertz CT molecular complexity index is 281. The lowest BCUT2D eigenvalue weighted by molar-refractivity contribution is -0.139. The lowest BCUT2D eigenvalue weighted by Gasteiger charge is -2.14. The standard InChI is InChI=1S/C10H19N3O4/c1-2-3-4-7(9(15)16)13-10(17)12-6-5-8(11)14/h7H,2-6H2,1H3,(H2,11,14)(H,15,16)(H2,12,13,17). The van der Waals surface area contributed by atoms with Crippen molar-refractivity contribution in [2.45, 2.75) is 38.6 Å². The maximum atomic E-state index is 11.3. The lowest BCUT2D eigenvalue weighted by atomic mass is 10.1. The summed E-state index contributed by atoms with van der Waals surface area (Å²) in [6.45, 7) is 2.03. The van der Waals surface area contributed by atoms with Crippen molar-refractivity contribution >= 4 is 17.9 Å². The zero-order chi connectivity index (χ0) is 13.3. The minimum Gasteiger partial charge on any atom is -0.480 e. The van der Waals surface area contributed by atoms with Crippen LogP contribution in [0.15, 0.2) is 0 Å². The van der Waals surface area contributed by atoms with E-state index < -0.39 is 23.9 Å². The highest BCUT2D eigenvalue weighted by molar-refractivity contribution is 5.82. The van der Waals surface area contributed by atoms with Gasteiger partial charge in [-0.25, -0.2) is 9.59 Å². The van der Waals surface area contributed by atoms with Crippen LogP contribution in [-0.2, 0) is 9.59 Å². The fourth-order valence-electron chi connectivity index (χ4n) is 1.17. The van der Waals surface area contributed by atoms with E-state index >= 15 is 0 Å². The van der Waals surface area contributed by atoms with Crippen LogP contribution in [-0.4, -0.2) is 35.6 Å². The molecule has 0 bridgehead atoms. The molecular weight excluding hydrogens is 226 g/mol. The molecular formula is C10H19N3O4. The average Bonchev–Trinajstić information content (AvgIpc) is 2.23. The zero-order valence-corrected chi connectivity index (χ0v) is 9.86. The fourth-order valence-corrected chi connectivity index (χ4v) is 1.17. The molecule has 7 nitrogen and oxygen atoms in total. The van der Waals surface area contributed by atoms with Gasteiger partial charge in [0.2, 0.25) is 5.91 Å². The largest absolute Gasteiger partial charge is 0.480 e. The molecule has 3 amide bonds. The van der Waals surface area contributed by atoms with Gasteiger partial charge in [0.25, 0.3) is 0 Å². The van der Waals surface area contributed by atoms with E-state index in [1.165, 1.54) is 0 Å². The molecule has 1 unspecified atom stereocenters. The highest BCUT2D eigenvalue weighted by atomic mass is 16.4. The Kier molecular flexibility index (Phi) is 7.49. The van der Waals surface area contributed by atoms with Crippen molar-refractivity contribution in [2.24, 2.45) is 5.73 Å². The third-order valence-corrected chi connectivity index (χ3v) is 2.11. The Hall–Kier alpha value is -1.79. The van der Waals surface area contributed by atoms with Crippen molar-refractivity contribution in [3.63, 3.8) is 0 Å². The van der Waals surface area contributed by atoms with Crippen LogP contribution < -0.4 is 16.4 Å². The number of carboxylic acid groups (broad SMARTS) is 1. The molecule has 0 aromatic carbocycles. The van der Waals surface area contributed by atoms with Gasteiger partial charge in [0.1, 0.15) is 6.04 Å². The molecule has 1 atom stereocenters. The third kappa shape index (κ3) is 8.06. The number of amides is 3. The number of hydrogen-bond donors (Lipinski definition) is 4. The number of nitrogens with two attached hydrogens (primary N) is 1. The minimum absolute atomic E-state index is 0.0279. The molecule has 0 radical (unpaired) electrons. The molecule has 0 rings (SSSR count). The van der Waals surface area contributed by atoms with Gasteiger partial charge in [-0.05, 0) is 6.42 Å². The van der Waals surface area contributed by atoms with Crippen molar-refractivity contribution in [1.82, 2.24) is 10.6 Å². The van der Waals surface area contributed by atoms with Crippen molar-refractivity contribution in [3.05, 3.63) is 0 Å². The first-order valence-electron chi connectivity index (χ1n) is 5.52. The molecule has 17 heavy (non-hydrogen) atoms. The Labute approximate surface area is 99.7 Å². The predicted molar refractivity (Wildman–Crippen MR) is 61.3 cm³/mol. The smallest absolute Gasteiger partial charge is 0.326 e. The van der Waals surface area contributed by atoms with Gasteiger partial charge in [-0.1, -0.05) is 19.8 Å². The summed E-state index contributed by atoms with van der Waals surface area (Å²) in [5.41, 5.74) is 4.89. The summed E-state index contributed by atoms with van der Waals surface area (Å²) in [4.78, 5) is 32.5. The second-order valence-electron chi connectivity index (χ2n) is 3.65. The quantitative estimate of drug-likeness (QED) is 0.473. The van der Waals surface area contributed by atoms with Crippen LogP contribution in [0.3, 0.4) is 0 Å². The van der Waals surface area contributed by atoms with Crippen LogP contribution in [0.25, 0.3) is 0 Å². The van der Waals surface area contributed by atoms with Crippen LogP contribution in [0.1, 0.15) is 32.6 Å². The highest BCUT2D eigenvalue weighted by Crippen LogP contribution is 2.00. The first kappa shape index (κ1) is 15.2. The number of unbranched alkanes of at least 4 members (excludes halogenated alkanes) is 1. The molecule has 0 aliphatic heterocycles. The first-order valence-corrected chi connectivity index (χ1v) is 5.52. The number of carbonyl (C=O) groups is 3. The second kappa shape index (κ2) is 8.37. The molecule has 0 aromatic rings. The Balaban J connectivity index is 3.95. The van der Waals surface area contributed by atoms with E-state index in [0.717, 1.165) is 12.8 Å². The normalized spacial score (nSPS) is 11.6. The Morgan fingerprint density at radius 1 is 1.35 bits per heavy atom. The number of primary amides is 1. The summed E-state index contributed by atoms with van der Waals surface area (Å²) in [7, 11) is 0. The predicted octanol–water partition coefficient (Wildman–Crippen LogP) is -0.196. The van der Waals surface area contributed by atoms with Gasteiger partial charge < -0.3 is 21.5 Å². The second-order valence-corrected chi connectivity index (χ2v) is 3.65. The Morgan fingerprint density at radius 2 is 2.00 bits per heavy atom. The number of carboxylic acids is 1. The fraction of sp³-hybridized carbons (Fsp3) is 0.700. The van der Waals surface area contributed by atoms with Gasteiger partial charge in [0.15, 0.2) is 0 Å². The maximum absolute atomic E-state index is 11.3. The molecule has 0 aliphatic rings. The van der Waals surface area contributed by atoms with Gasteiger partial charge in [-0.15, -0.1) is 0 Å². The average molecular weight is 245 g/mol. The molecule has 0 aromatic heterocycles. The van der Waals surface area contributed by atoms with E-state index in [1.807, 2.05) is 6.92 Å². The van der Waals surface area contributed by atoms with Crippen LogP contribution in [0.5, 0.6) is 0 Å². The molecule has 0 heterocycles. The van der Waals surface area contributed by atoms with Crippen molar-refractivity contribution in [2.75, 3.05) is 6.54 Å². The van der Waals surface area contributed by atoms with Gasteiger partial charge in [-0.2, -0.15) is 0 Å². The summed E-state index contributed by atoms with van der Waals surface area (Å²) in [5, 5.41) is 13.5. The van der Waals surface area contributed by atoms with E-state index in [-0.39, 0.29) is 13.0 Å². The van der Waals surface area contributed by atoms with Crippen molar-refractivity contribution < 1.29 is 19.5 Å². The molecule has 5 N–H and O–H groups in total. The van der Waals surface area contributed by atoms with E-state index in [1.54, 1.807) is 0 Å². The number of aliphatic carboxylic acids is 1. The molecule has 0 saturated heterocycles. The molecule has 0 spiro atoms. The number of carbonyl (C=O) groups excluding carboxylic acids is 2. The lowest BCUT2D eigenvalue weighted by Crippen LogP contribution is -2.46. The summed E-state index contributed by atoms with van der Waals surface area (Å²) >= 11 is 0. The topological polar surface area (TPSA) is 122 Å². The SMILES string of the molecule is CCCCC(NC(=O)NCCC(N)=O)C(=O)O. The van der Waals surface area contributed by atoms with E-state index in [9.17, 15) is 14.4 Å². The summed E-state index contributed by atoms with van der Waals surface area (Å²) in [6, 6.07) is -1.50. The van der Waals surface area contributed by atoms with Crippen molar-refractivity contribution in [3.8, 4) is 0 Å². The summed E-state index contributed by atoms with van der Waals surface area (Å²) in [6.07, 6.45) is 1.99. The van der Waals surface area contributed by atoms with Gasteiger partial charge >= 0.3 is 12.0 Å². The van der Waals surface area contributed by atoms with Gasteiger partial charge in [0.05, 0.1) is 0 Å². The van der Waals surface area contributed by atoms with E-state index in [2.05, 4.69) is 10.6 Å². The molecule has 0 fully saturated rings. The summed E-state index contributed by atoms with van der Waals surface area (Å²) in [5.74, 6) is -1.59. The van der Waals surface area contributed by atoms with Crippen LogP contribution in [0.4, 0.5) is 4.79 Å². The zero-order valence-electron chi connectivity index (χ0n) is 9.86. The van der Waals surface area contributed by atoms with Gasteiger partial charge in [-0.3, -0.25) is 4.79 Å². The number of rotatable bonds is 8. The number of nitrogens with one attached hydrogen (secondary N) is 2. The number of hydrogen-bond acceptors (Lipinski definition) is 3. The molecule has 0 saturated carbocycles. The molecule has 0 aliphatic carbocycles. The minimum atomic E-state index is -1.07. The molecule has 7 heteroatoms. The van der Waals surface area contributed by atoms with E-state index in [4.69, 9.17) is 10.8 Å². The van der Waals surface area contributed by atoms with Crippen molar-refractivity contribution in [1.29, 1.82) is 0 Å². The van der Waals surface area contributed by atoms with Crippen LogP contribution in [0.2, 0.25) is 0 Å². The van der Waals surface area contributed by atoms with Crippen LogP contribution in [0, 0.1) is 0 Å². The van der Waals surface area contributed by atoms with E-state index in [0.29, 0.717) is 6.42 Å². The van der Waals surface area contributed by atoms with Gasteiger partial charge in [0, 0.05) is 13.0 Å².